The molecular weight excluding hydrogens is 691 g/mol. The number of aliphatic hydroxyl groups is 5. The summed E-state index contributed by atoms with van der Waals surface area (Å²) in [4.78, 5) is 23.0. The largest absolute Gasteiger partial charge is 0.498 e. The van der Waals surface area contributed by atoms with Gasteiger partial charge >= 0.3 is 13.8 Å². The van der Waals surface area contributed by atoms with E-state index in [0.29, 0.717) is 6.42 Å². The van der Waals surface area contributed by atoms with Gasteiger partial charge in [-0.15, -0.1) is 0 Å². The average Bonchev–Trinajstić information content (AvgIpc) is 3.12. The molecule has 1 fully saturated rings. The second-order valence-corrected chi connectivity index (χ2v) is 16.0. The Morgan fingerprint density at radius 2 is 1.00 bits per heavy atom. The highest BCUT2D eigenvalue weighted by atomic mass is 31.2. The molecule has 0 heterocycles. The molecule has 52 heavy (non-hydrogen) atoms. The summed E-state index contributed by atoms with van der Waals surface area (Å²) in [6.07, 6.45) is 19.4. The fraction of sp³-hybridized carbons (Fsp3) is 0.923. The van der Waals surface area contributed by atoms with Crippen molar-refractivity contribution in [2.45, 2.75) is 217 Å². The Kier molecular flexibility index (Phi) is 29.3. The van der Waals surface area contributed by atoms with Gasteiger partial charge in [0, 0.05) is 6.42 Å². The van der Waals surface area contributed by atoms with Crippen molar-refractivity contribution in [3.63, 3.8) is 0 Å². The van der Waals surface area contributed by atoms with Crippen molar-refractivity contribution in [2.75, 3.05) is 13.2 Å². The molecule has 0 amide bonds. The Morgan fingerprint density at radius 1 is 0.596 bits per heavy atom. The van der Waals surface area contributed by atoms with Crippen LogP contribution < -0.4 is 0 Å². The molecule has 308 valence electrons. The van der Waals surface area contributed by atoms with Crippen molar-refractivity contribution in [3.05, 3.63) is 12.3 Å². The summed E-state index contributed by atoms with van der Waals surface area (Å²) in [5.74, 6) is -0.499. The second-order valence-electron chi connectivity index (χ2n) is 14.6. The number of esters is 1. The first kappa shape index (κ1) is 48.9. The number of rotatable bonds is 34. The van der Waals surface area contributed by atoms with E-state index in [1.54, 1.807) is 0 Å². The topological polar surface area (TPSA) is 192 Å². The highest BCUT2D eigenvalue weighted by Crippen LogP contribution is 2.47. The lowest BCUT2D eigenvalue weighted by molar-refractivity contribution is -0.220. The van der Waals surface area contributed by atoms with E-state index in [-0.39, 0.29) is 13.0 Å². The number of ether oxygens (including phenoxy) is 2. The molecular formula is C39H75O12P. The van der Waals surface area contributed by atoms with Crippen LogP contribution in [0.25, 0.3) is 0 Å². The van der Waals surface area contributed by atoms with Crippen LogP contribution in [0.15, 0.2) is 12.3 Å². The molecule has 12 nitrogen and oxygen atoms in total. The van der Waals surface area contributed by atoms with E-state index in [0.717, 1.165) is 38.5 Å². The van der Waals surface area contributed by atoms with Gasteiger partial charge in [0.1, 0.15) is 43.2 Å². The van der Waals surface area contributed by atoms with Gasteiger partial charge in [-0.05, 0) is 25.3 Å². The maximum Gasteiger partial charge on any atom is 0.472 e. The average molecular weight is 767 g/mol. The third-order valence-corrected chi connectivity index (χ3v) is 10.7. The van der Waals surface area contributed by atoms with Crippen LogP contribution in [0.3, 0.4) is 0 Å². The lowest BCUT2D eigenvalue weighted by atomic mass is 9.85. The summed E-state index contributed by atoms with van der Waals surface area (Å²) in [5, 5.41) is 50.0. The molecule has 6 unspecified atom stereocenters. The minimum absolute atomic E-state index is 0.156. The summed E-state index contributed by atoms with van der Waals surface area (Å²) < 4.78 is 33.8. The number of hydrogen-bond donors (Lipinski definition) is 6. The third kappa shape index (κ3) is 23.6. The van der Waals surface area contributed by atoms with Crippen LogP contribution in [0.5, 0.6) is 0 Å². The quantitative estimate of drug-likeness (QED) is 0.0163. The molecule has 0 radical (unpaired) electrons. The molecule has 0 aromatic carbocycles. The SMILES string of the molecule is CCCCCCCCCCCCCC/C=C\OC[C@H](COP(=O)(O)OC1C(O)C(O)C(O)[C@@H](O)C1O)OC(=O)CCCCCCCCCCCCC. The normalized spacial score (nSPS) is 23.8. The number of unbranched alkanes of at least 4 members (excludes halogenated alkanes) is 22. The first-order valence-electron chi connectivity index (χ1n) is 20.6. The molecule has 1 aliphatic carbocycles. The van der Waals surface area contributed by atoms with Crippen molar-refractivity contribution in [1.82, 2.24) is 0 Å². The van der Waals surface area contributed by atoms with Gasteiger partial charge < -0.3 is 39.9 Å². The molecule has 1 saturated carbocycles. The van der Waals surface area contributed by atoms with Gasteiger partial charge in [0.05, 0.1) is 12.9 Å². The monoisotopic (exact) mass is 766 g/mol. The van der Waals surface area contributed by atoms with Gasteiger partial charge in [0.15, 0.2) is 6.10 Å². The Morgan fingerprint density at radius 3 is 1.46 bits per heavy atom. The number of hydrogen-bond acceptors (Lipinski definition) is 11. The molecule has 0 spiro atoms. The van der Waals surface area contributed by atoms with Gasteiger partial charge in [-0.25, -0.2) is 4.57 Å². The number of carbonyl (C=O) groups is 1. The third-order valence-electron chi connectivity index (χ3n) is 9.73. The summed E-state index contributed by atoms with van der Waals surface area (Å²) in [6.45, 7) is 3.70. The predicted octanol–water partition coefficient (Wildman–Crippen LogP) is 7.54. The highest BCUT2D eigenvalue weighted by molar-refractivity contribution is 7.47. The smallest absolute Gasteiger partial charge is 0.472 e. The summed E-state index contributed by atoms with van der Waals surface area (Å²) in [6, 6.07) is 0. The lowest BCUT2D eigenvalue weighted by Crippen LogP contribution is -2.64. The van der Waals surface area contributed by atoms with Crippen LogP contribution in [-0.4, -0.2) is 92.3 Å². The molecule has 6 N–H and O–H groups in total. The van der Waals surface area contributed by atoms with Crippen molar-refractivity contribution < 1.29 is 58.3 Å². The first-order chi connectivity index (χ1) is 25.0. The molecule has 0 saturated heterocycles. The van der Waals surface area contributed by atoms with Crippen LogP contribution in [0.1, 0.15) is 174 Å². The maximum absolute atomic E-state index is 12.7. The van der Waals surface area contributed by atoms with E-state index in [4.69, 9.17) is 18.5 Å². The molecule has 0 bridgehead atoms. The van der Waals surface area contributed by atoms with Crippen molar-refractivity contribution in [3.8, 4) is 0 Å². The van der Waals surface area contributed by atoms with E-state index < -0.39 is 63.1 Å². The lowest BCUT2D eigenvalue weighted by Gasteiger charge is -2.41. The van der Waals surface area contributed by atoms with Crippen LogP contribution in [0, 0.1) is 0 Å². The molecule has 0 aromatic heterocycles. The Hall–Kier alpha value is -1.08. The number of aliphatic hydroxyl groups excluding tert-OH is 5. The van der Waals surface area contributed by atoms with Crippen LogP contribution >= 0.6 is 7.82 Å². The molecule has 0 aromatic rings. The van der Waals surface area contributed by atoms with Crippen LogP contribution in [0.4, 0.5) is 0 Å². The van der Waals surface area contributed by atoms with E-state index in [1.807, 2.05) is 6.08 Å². The Balaban J connectivity index is 2.48. The summed E-state index contributed by atoms with van der Waals surface area (Å²) >= 11 is 0. The zero-order chi connectivity index (χ0) is 38.5. The van der Waals surface area contributed by atoms with Gasteiger partial charge in [-0.2, -0.15) is 0 Å². The van der Waals surface area contributed by atoms with Crippen LogP contribution in [0.2, 0.25) is 0 Å². The minimum Gasteiger partial charge on any atom is -0.498 e. The summed E-state index contributed by atoms with van der Waals surface area (Å²) in [7, 11) is -5.02. The molecule has 1 aliphatic rings. The Bertz CT molecular complexity index is 921. The molecule has 13 heteroatoms. The standard InChI is InChI=1S/C39H75O12P/c1-3-5-7-9-11-13-15-16-17-19-21-23-25-27-29-48-30-32(50-33(40)28-26-24-22-20-18-14-12-10-8-6-4-2)31-49-52(46,47)51-39-37(44)35(42)34(41)36(43)38(39)45/h27,29,32,34-39,41-45H,3-26,28,30-31H2,1-2H3,(H,46,47)/b29-27-/t32-,34?,35-,36?,37?,38?,39?/m1/s1. The minimum atomic E-state index is -5.02. The zero-order valence-electron chi connectivity index (χ0n) is 32.4. The van der Waals surface area contributed by atoms with Crippen molar-refractivity contribution >= 4 is 13.8 Å². The van der Waals surface area contributed by atoms with Gasteiger partial charge in [-0.1, -0.05) is 149 Å². The molecule has 1 rings (SSSR count). The fourth-order valence-electron chi connectivity index (χ4n) is 6.38. The van der Waals surface area contributed by atoms with E-state index in [1.165, 1.54) is 115 Å². The van der Waals surface area contributed by atoms with Crippen molar-refractivity contribution in [2.24, 2.45) is 0 Å². The number of allylic oxidation sites excluding steroid dienone is 1. The van der Waals surface area contributed by atoms with Crippen LogP contribution in [-0.2, 0) is 27.9 Å². The van der Waals surface area contributed by atoms with Gasteiger partial charge in [0.25, 0.3) is 0 Å². The number of phosphoric acid groups is 1. The van der Waals surface area contributed by atoms with Crippen molar-refractivity contribution in [1.29, 1.82) is 0 Å². The first-order valence-corrected chi connectivity index (χ1v) is 22.1. The van der Waals surface area contributed by atoms with Gasteiger partial charge in [0.2, 0.25) is 0 Å². The number of phosphoric ester groups is 1. The summed E-state index contributed by atoms with van der Waals surface area (Å²) in [5.41, 5.74) is 0. The van der Waals surface area contributed by atoms with Gasteiger partial charge in [-0.3, -0.25) is 13.8 Å². The number of carbonyl (C=O) groups excluding carboxylic acids is 1. The fourth-order valence-corrected chi connectivity index (χ4v) is 7.35. The van der Waals surface area contributed by atoms with E-state index >= 15 is 0 Å². The Labute approximate surface area is 314 Å². The molecule has 0 aliphatic heterocycles. The zero-order valence-corrected chi connectivity index (χ0v) is 33.3. The van der Waals surface area contributed by atoms with E-state index in [9.17, 15) is 39.8 Å². The maximum atomic E-state index is 12.7. The second kappa shape index (κ2) is 31.2. The predicted molar refractivity (Wildman–Crippen MR) is 202 cm³/mol. The van der Waals surface area contributed by atoms with E-state index in [2.05, 4.69) is 13.8 Å². The highest BCUT2D eigenvalue weighted by Gasteiger charge is 2.51. The molecule has 8 atom stereocenters.